The van der Waals surface area contributed by atoms with Crippen LogP contribution in [0.4, 0.5) is 22.0 Å². The summed E-state index contributed by atoms with van der Waals surface area (Å²) in [4.78, 5) is 11.8. The van der Waals surface area contributed by atoms with Gasteiger partial charge in [-0.25, -0.2) is 26.7 Å². The molecule has 0 saturated heterocycles. The predicted octanol–water partition coefficient (Wildman–Crippen LogP) is 7.43. The van der Waals surface area contributed by atoms with Crippen molar-refractivity contribution in [3.63, 3.8) is 0 Å². The van der Waals surface area contributed by atoms with Crippen LogP contribution in [0.25, 0.3) is 5.69 Å². The minimum Gasteiger partial charge on any atom is -0.494 e. The first-order chi connectivity index (χ1) is 18.2. The van der Waals surface area contributed by atoms with Crippen molar-refractivity contribution in [2.45, 2.75) is 36.5 Å². The van der Waals surface area contributed by atoms with E-state index in [4.69, 9.17) is 9.47 Å². The highest BCUT2D eigenvalue weighted by molar-refractivity contribution is 7.99. The lowest BCUT2D eigenvalue weighted by Gasteiger charge is -2.12. The quantitative estimate of drug-likeness (QED) is 0.0716. The molecule has 0 atom stereocenters. The number of aromatic nitrogens is 2. The average Bonchev–Trinajstić information content (AvgIpc) is 3.24. The molecule has 11 heteroatoms. The predicted molar refractivity (Wildman–Crippen MR) is 130 cm³/mol. The molecule has 1 heterocycles. The SMILES string of the molecule is CCCCOc1ccc(C(=O)Oc2c(Sc3c(F)c(F)c(F)c(F)c3F)c(C)nn2-c2ccccc2)cc1. The van der Waals surface area contributed by atoms with Gasteiger partial charge in [-0.1, -0.05) is 43.3 Å². The zero-order chi connectivity index (χ0) is 27.4. The highest BCUT2D eigenvalue weighted by atomic mass is 32.2. The number of esters is 1. The van der Waals surface area contributed by atoms with Crippen molar-refractivity contribution in [1.82, 2.24) is 9.78 Å². The molecule has 5 nitrogen and oxygen atoms in total. The third kappa shape index (κ3) is 5.52. The minimum atomic E-state index is -2.27. The molecule has 0 saturated carbocycles. The fourth-order valence-corrected chi connectivity index (χ4v) is 4.35. The van der Waals surface area contributed by atoms with E-state index in [9.17, 15) is 26.7 Å². The summed E-state index contributed by atoms with van der Waals surface area (Å²) >= 11 is 0.220. The van der Waals surface area contributed by atoms with Crippen LogP contribution in [-0.2, 0) is 0 Å². The van der Waals surface area contributed by atoms with Crippen molar-refractivity contribution in [1.29, 1.82) is 0 Å². The largest absolute Gasteiger partial charge is 0.494 e. The Morgan fingerprint density at radius 1 is 0.868 bits per heavy atom. The summed E-state index contributed by atoms with van der Waals surface area (Å²) in [5.41, 5.74) is 0.700. The Kier molecular flexibility index (Phi) is 8.35. The van der Waals surface area contributed by atoms with Gasteiger partial charge in [0.1, 0.15) is 5.75 Å². The number of ether oxygens (including phenoxy) is 2. The Balaban J connectivity index is 1.73. The van der Waals surface area contributed by atoms with Crippen LogP contribution in [-0.4, -0.2) is 22.4 Å². The number of carbonyl (C=O) groups excluding carboxylic acids is 1. The molecule has 198 valence electrons. The van der Waals surface area contributed by atoms with Crippen LogP contribution in [0.3, 0.4) is 0 Å². The second-order valence-electron chi connectivity index (χ2n) is 8.08. The first kappa shape index (κ1) is 27.2. The molecule has 3 aromatic carbocycles. The molecule has 0 spiro atoms. The van der Waals surface area contributed by atoms with E-state index < -0.39 is 40.0 Å². The van der Waals surface area contributed by atoms with Gasteiger partial charge in [-0.2, -0.15) is 9.78 Å². The Hall–Kier alpha value is -3.86. The van der Waals surface area contributed by atoms with Gasteiger partial charge in [-0.15, -0.1) is 0 Å². The molecule has 0 fully saturated rings. The van der Waals surface area contributed by atoms with Crippen LogP contribution >= 0.6 is 11.8 Å². The molecule has 4 rings (SSSR count). The van der Waals surface area contributed by atoms with Crippen LogP contribution in [0.5, 0.6) is 11.6 Å². The molecule has 0 radical (unpaired) electrons. The van der Waals surface area contributed by atoms with E-state index >= 15 is 0 Å². The maximum Gasteiger partial charge on any atom is 0.344 e. The van der Waals surface area contributed by atoms with Crippen LogP contribution < -0.4 is 9.47 Å². The molecule has 0 aliphatic carbocycles. The highest BCUT2D eigenvalue weighted by Gasteiger charge is 2.30. The number of aryl methyl sites for hydroxylation is 1. The lowest BCUT2D eigenvalue weighted by atomic mass is 10.2. The third-order valence-corrected chi connectivity index (χ3v) is 6.62. The van der Waals surface area contributed by atoms with E-state index in [0.29, 0.717) is 18.0 Å². The van der Waals surface area contributed by atoms with E-state index in [0.717, 1.165) is 12.8 Å². The Labute approximate surface area is 219 Å². The Morgan fingerprint density at radius 3 is 2.08 bits per heavy atom. The molecule has 38 heavy (non-hydrogen) atoms. The minimum absolute atomic E-state index is 0.107. The van der Waals surface area contributed by atoms with E-state index in [-0.39, 0.29) is 33.8 Å². The summed E-state index contributed by atoms with van der Waals surface area (Å²) in [6.45, 7) is 4.00. The number of unbranched alkanes of at least 4 members (excludes halogenated alkanes) is 1. The number of nitrogens with zero attached hydrogens (tertiary/aromatic N) is 2. The van der Waals surface area contributed by atoms with Gasteiger partial charge in [0.05, 0.1) is 33.3 Å². The topological polar surface area (TPSA) is 53.4 Å². The van der Waals surface area contributed by atoms with Crippen LogP contribution in [0, 0.1) is 36.0 Å². The zero-order valence-corrected chi connectivity index (χ0v) is 21.1. The number of halogens is 5. The van der Waals surface area contributed by atoms with Gasteiger partial charge in [-0.05, 0) is 49.7 Å². The smallest absolute Gasteiger partial charge is 0.344 e. The van der Waals surface area contributed by atoms with E-state index in [1.807, 2.05) is 6.92 Å². The third-order valence-electron chi connectivity index (χ3n) is 5.39. The Morgan fingerprint density at radius 2 is 1.47 bits per heavy atom. The van der Waals surface area contributed by atoms with Crippen LogP contribution in [0.2, 0.25) is 0 Å². The van der Waals surface area contributed by atoms with E-state index in [1.165, 1.54) is 23.7 Å². The zero-order valence-electron chi connectivity index (χ0n) is 20.2. The molecule has 4 aromatic rings. The van der Waals surface area contributed by atoms with Gasteiger partial charge in [0.15, 0.2) is 23.3 Å². The monoisotopic (exact) mass is 548 g/mol. The molecule has 0 bridgehead atoms. The number of hydrogen-bond acceptors (Lipinski definition) is 5. The Bertz CT molecular complexity index is 1430. The first-order valence-electron chi connectivity index (χ1n) is 11.5. The van der Waals surface area contributed by atoms with E-state index in [1.54, 1.807) is 42.5 Å². The van der Waals surface area contributed by atoms with E-state index in [2.05, 4.69) is 5.10 Å². The maximum absolute atomic E-state index is 14.5. The molecule has 0 aliphatic rings. The standard InChI is InChI=1S/C27H21F5N2O3S/c1-3-4-14-36-18-12-10-16(11-13-18)27(35)37-26-24(15(2)33-34(26)17-8-6-5-7-9-17)38-25-22(31)20(29)19(28)21(30)23(25)32/h5-13H,3-4,14H2,1-2H3. The number of benzene rings is 3. The normalized spacial score (nSPS) is 11.0. The lowest BCUT2D eigenvalue weighted by Crippen LogP contribution is -2.12. The summed E-state index contributed by atoms with van der Waals surface area (Å²) < 4.78 is 82.6. The molecule has 0 unspecified atom stereocenters. The molecular formula is C27H21F5N2O3S. The number of hydrogen-bond donors (Lipinski definition) is 0. The molecule has 0 aliphatic heterocycles. The van der Waals surface area contributed by atoms with Crippen molar-refractivity contribution in [3.8, 4) is 17.3 Å². The van der Waals surface area contributed by atoms with Crippen molar-refractivity contribution < 1.29 is 36.2 Å². The first-order valence-corrected chi connectivity index (χ1v) is 12.3. The van der Waals surface area contributed by atoms with Crippen molar-refractivity contribution >= 4 is 17.7 Å². The summed E-state index contributed by atoms with van der Waals surface area (Å²) in [5.74, 6) is -11.0. The molecule has 1 aromatic heterocycles. The van der Waals surface area contributed by atoms with Crippen molar-refractivity contribution in [2.24, 2.45) is 0 Å². The molecule has 0 amide bonds. The van der Waals surface area contributed by atoms with Gasteiger partial charge in [0, 0.05) is 0 Å². The second kappa shape index (κ2) is 11.7. The molecular weight excluding hydrogens is 527 g/mol. The highest BCUT2D eigenvalue weighted by Crippen LogP contribution is 2.42. The van der Waals surface area contributed by atoms with Gasteiger partial charge >= 0.3 is 5.97 Å². The van der Waals surface area contributed by atoms with Gasteiger partial charge in [-0.3, -0.25) is 0 Å². The maximum atomic E-state index is 14.5. The molecule has 0 N–H and O–H groups in total. The lowest BCUT2D eigenvalue weighted by molar-refractivity contribution is 0.0718. The van der Waals surface area contributed by atoms with Crippen molar-refractivity contribution in [2.75, 3.05) is 6.61 Å². The number of para-hydroxylation sites is 1. The second-order valence-corrected chi connectivity index (χ2v) is 9.10. The summed E-state index contributed by atoms with van der Waals surface area (Å²) in [6, 6.07) is 14.5. The van der Waals surface area contributed by atoms with Gasteiger partial charge in [0.2, 0.25) is 11.7 Å². The average molecular weight is 549 g/mol. The summed E-state index contributed by atoms with van der Waals surface area (Å²) in [7, 11) is 0. The number of rotatable bonds is 9. The number of carbonyl (C=O) groups is 1. The summed E-state index contributed by atoms with van der Waals surface area (Å²) in [5, 5.41) is 4.29. The summed E-state index contributed by atoms with van der Waals surface area (Å²) in [6.07, 6.45) is 1.83. The van der Waals surface area contributed by atoms with Crippen LogP contribution in [0.15, 0.2) is 64.4 Å². The van der Waals surface area contributed by atoms with Crippen molar-refractivity contribution in [3.05, 3.63) is 94.9 Å². The fraction of sp³-hybridized carbons (Fsp3) is 0.185. The van der Waals surface area contributed by atoms with Gasteiger partial charge < -0.3 is 9.47 Å². The van der Waals surface area contributed by atoms with Crippen LogP contribution in [0.1, 0.15) is 35.8 Å². The van der Waals surface area contributed by atoms with Gasteiger partial charge in [0.25, 0.3) is 0 Å². The fourth-order valence-electron chi connectivity index (χ4n) is 3.39.